The van der Waals surface area contributed by atoms with E-state index in [0.29, 0.717) is 10.2 Å². The van der Waals surface area contributed by atoms with Crippen LogP contribution in [-0.2, 0) is 10.2 Å². The number of aliphatic carboxylic acids is 1. The predicted octanol–water partition coefficient (Wildman–Crippen LogP) is 2.21. The number of nitrogens with zero attached hydrogens (tertiary/aromatic N) is 1. The van der Waals surface area contributed by atoms with Gasteiger partial charge in [-0.1, -0.05) is 6.07 Å². The molecule has 1 heterocycles. The molecule has 0 fully saturated rings. The van der Waals surface area contributed by atoms with Crippen LogP contribution in [0.15, 0.2) is 22.9 Å². The van der Waals surface area contributed by atoms with Gasteiger partial charge in [-0.15, -0.1) is 0 Å². The van der Waals surface area contributed by atoms with Crippen molar-refractivity contribution in [3.63, 3.8) is 0 Å². The molecule has 3 nitrogen and oxygen atoms in total. The van der Waals surface area contributed by atoms with Crippen LogP contribution in [0.3, 0.4) is 0 Å². The topological polar surface area (TPSA) is 50.2 Å². The lowest BCUT2D eigenvalue weighted by Crippen LogP contribution is -2.29. The van der Waals surface area contributed by atoms with Crippen LogP contribution in [-0.4, -0.2) is 16.1 Å². The Labute approximate surface area is 84.9 Å². The lowest BCUT2D eigenvalue weighted by Gasteiger charge is -2.20. The van der Waals surface area contributed by atoms with Crippen LogP contribution < -0.4 is 0 Å². The SMILES string of the molecule is CC(C)(C(=O)O)c1cccnc1Br. The Morgan fingerprint density at radius 3 is 2.69 bits per heavy atom. The molecule has 1 rings (SSSR count). The quantitative estimate of drug-likeness (QED) is 0.811. The molecule has 1 N–H and O–H groups in total. The van der Waals surface area contributed by atoms with Crippen molar-refractivity contribution in [3.8, 4) is 0 Å². The average Bonchev–Trinajstić information content (AvgIpc) is 2.04. The van der Waals surface area contributed by atoms with E-state index >= 15 is 0 Å². The zero-order valence-corrected chi connectivity index (χ0v) is 9.00. The van der Waals surface area contributed by atoms with Gasteiger partial charge >= 0.3 is 5.97 Å². The van der Waals surface area contributed by atoms with Crippen molar-refractivity contribution in [1.82, 2.24) is 4.98 Å². The Morgan fingerprint density at radius 1 is 1.62 bits per heavy atom. The first-order chi connectivity index (χ1) is 5.96. The average molecular weight is 244 g/mol. The van der Waals surface area contributed by atoms with Crippen LogP contribution in [0.4, 0.5) is 0 Å². The molecule has 0 saturated heterocycles. The van der Waals surface area contributed by atoms with Crippen LogP contribution in [0.2, 0.25) is 0 Å². The molecule has 70 valence electrons. The fourth-order valence-electron chi connectivity index (χ4n) is 0.967. The van der Waals surface area contributed by atoms with Crippen molar-refractivity contribution in [1.29, 1.82) is 0 Å². The minimum Gasteiger partial charge on any atom is -0.481 e. The second-order valence-electron chi connectivity index (χ2n) is 3.27. The molecule has 0 aliphatic heterocycles. The summed E-state index contributed by atoms with van der Waals surface area (Å²) in [7, 11) is 0. The van der Waals surface area contributed by atoms with E-state index in [2.05, 4.69) is 20.9 Å². The van der Waals surface area contributed by atoms with Crippen LogP contribution in [0.1, 0.15) is 19.4 Å². The summed E-state index contributed by atoms with van der Waals surface area (Å²) >= 11 is 3.23. The summed E-state index contributed by atoms with van der Waals surface area (Å²) in [5, 5.41) is 8.97. The summed E-state index contributed by atoms with van der Waals surface area (Å²) in [5.74, 6) is -0.860. The summed E-state index contributed by atoms with van der Waals surface area (Å²) in [5.41, 5.74) is -0.227. The summed E-state index contributed by atoms with van der Waals surface area (Å²) in [6.45, 7) is 3.30. The second-order valence-corrected chi connectivity index (χ2v) is 4.02. The molecule has 0 radical (unpaired) electrons. The van der Waals surface area contributed by atoms with Gasteiger partial charge in [-0.3, -0.25) is 4.79 Å². The van der Waals surface area contributed by atoms with E-state index in [1.54, 1.807) is 32.2 Å². The van der Waals surface area contributed by atoms with Gasteiger partial charge in [-0.25, -0.2) is 4.98 Å². The standard InChI is InChI=1S/C9H10BrNO2/c1-9(2,8(12)13)6-4-3-5-11-7(6)10/h3-5H,1-2H3,(H,12,13). The summed E-state index contributed by atoms with van der Waals surface area (Å²) < 4.78 is 0.586. The van der Waals surface area contributed by atoms with Crippen molar-refractivity contribution in [3.05, 3.63) is 28.5 Å². The third-order valence-electron chi connectivity index (χ3n) is 1.97. The normalized spacial score (nSPS) is 11.3. The Kier molecular flexibility index (Phi) is 2.71. The molecule has 4 heteroatoms. The van der Waals surface area contributed by atoms with E-state index in [-0.39, 0.29) is 0 Å². The Bertz CT molecular complexity index is 336. The Morgan fingerprint density at radius 2 is 2.23 bits per heavy atom. The Hall–Kier alpha value is -0.900. The monoisotopic (exact) mass is 243 g/mol. The van der Waals surface area contributed by atoms with E-state index in [0.717, 1.165) is 0 Å². The molecule has 1 aromatic heterocycles. The van der Waals surface area contributed by atoms with Crippen molar-refractivity contribution < 1.29 is 9.90 Å². The fourth-order valence-corrected chi connectivity index (χ4v) is 1.71. The largest absolute Gasteiger partial charge is 0.481 e. The first-order valence-electron chi connectivity index (χ1n) is 3.80. The number of aromatic nitrogens is 1. The van der Waals surface area contributed by atoms with Crippen LogP contribution in [0, 0.1) is 0 Å². The van der Waals surface area contributed by atoms with Gasteiger partial charge < -0.3 is 5.11 Å². The van der Waals surface area contributed by atoms with E-state index in [4.69, 9.17) is 5.11 Å². The van der Waals surface area contributed by atoms with E-state index in [9.17, 15) is 4.79 Å². The lowest BCUT2D eigenvalue weighted by molar-refractivity contribution is -0.142. The molecule has 13 heavy (non-hydrogen) atoms. The minimum absolute atomic E-state index is 0.586. The molecule has 0 amide bonds. The maximum Gasteiger partial charge on any atom is 0.313 e. The third-order valence-corrected chi connectivity index (χ3v) is 2.60. The second kappa shape index (κ2) is 3.46. The number of hydrogen-bond donors (Lipinski definition) is 1. The van der Waals surface area contributed by atoms with Gasteiger partial charge in [-0.05, 0) is 35.8 Å². The molecule has 1 aromatic rings. The highest BCUT2D eigenvalue weighted by atomic mass is 79.9. The Balaban J connectivity index is 3.22. The molecule has 0 aliphatic carbocycles. The van der Waals surface area contributed by atoms with E-state index in [1.807, 2.05) is 0 Å². The van der Waals surface area contributed by atoms with Gasteiger partial charge in [-0.2, -0.15) is 0 Å². The molecule has 0 atom stereocenters. The van der Waals surface area contributed by atoms with Gasteiger partial charge in [0.1, 0.15) is 4.60 Å². The molecule has 0 saturated carbocycles. The van der Waals surface area contributed by atoms with Gasteiger partial charge in [0, 0.05) is 11.8 Å². The highest BCUT2D eigenvalue weighted by Crippen LogP contribution is 2.28. The fraction of sp³-hybridized carbons (Fsp3) is 0.333. The number of rotatable bonds is 2. The minimum atomic E-state index is -0.910. The summed E-state index contributed by atoms with van der Waals surface area (Å²) in [6, 6.07) is 3.48. The number of hydrogen-bond acceptors (Lipinski definition) is 2. The van der Waals surface area contributed by atoms with E-state index in [1.165, 1.54) is 0 Å². The van der Waals surface area contributed by atoms with Crippen molar-refractivity contribution in [2.24, 2.45) is 0 Å². The molecule has 0 bridgehead atoms. The van der Waals surface area contributed by atoms with Crippen LogP contribution in [0.5, 0.6) is 0 Å². The number of halogens is 1. The molecular weight excluding hydrogens is 234 g/mol. The van der Waals surface area contributed by atoms with Gasteiger partial charge in [0.2, 0.25) is 0 Å². The maximum atomic E-state index is 10.9. The number of carbonyl (C=O) groups is 1. The van der Waals surface area contributed by atoms with Crippen LogP contribution in [0.25, 0.3) is 0 Å². The van der Waals surface area contributed by atoms with Gasteiger partial charge in [0.25, 0.3) is 0 Å². The third kappa shape index (κ3) is 1.88. The van der Waals surface area contributed by atoms with Gasteiger partial charge in [0.05, 0.1) is 5.41 Å². The van der Waals surface area contributed by atoms with Crippen molar-refractivity contribution in [2.75, 3.05) is 0 Å². The molecular formula is C9H10BrNO2. The predicted molar refractivity (Wildman–Crippen MR) is 52.6 cm³/mol. The summed E-state index contributed by atoms with van der Waals surface area (Å²) in [6.07, 6.45) is 1.62. The van der Waals surface area contributed by atoms with Crippen molar-refractivity contribution >= 4 is 21.9 Å². The number of carboxylic acids is 1. The lowest BCUT2D eigenvalue weighted by atomic mass is 9.86. The summed E-state index contributed by atoms with van der Waals surface area (Å²) in [4.78, 5) is 14.9. The van der Waals surface area contributed by atoms with Crippen molar-refractivity contribution in [2.45, 2.75) is 19.3 Å². The highest BCUT2D eigenvalue weighted by Gasteiger charge is 2.31. The van der Waals surface area contributed by atoms with Gasteiger partial charge in [0.15, 0.2) is 0 Å². The first-order valence-corrected chi connectivity index (χ1v) is 4.60. The maximum absolute atomic E-state index is 10.9. The zero-order valence-electron chi connectivity index (χ0n) is 7.41. The van der Waals surface area contributed by atoms with Crippen LogP contribution >= 0.6 is 15.9 Å². The van der Waals surface area contributed by atoms with E-state index < -0.39 is 11.4 Å². The molecule has 0 unspecified atom stereocenters. The first kappa shape index (κ1) is 10.2. The highest BCUT2D eigenvalue weighted by molar-refractivity contribution is 9.10. The smallest absolute Gasteiger partial charge is 0.313 e. The zero-order chi connectivity index (χ0) is 10.1. The molecule has 0 spiro atoms. The molecule has 0 aliphatic rings. The number of carboxylic acid groups (broad SMARTS) is 1. The molecule has 0 aromatic carbocycles. The number of pyridine rings is 1.